The van der Waals surface area contributed by atoms with Crippen molar-refractivity contribution in [2.75, 3.05) is 26.8 Å². The van der Waals surface area contributed by atoms with Crippen LogP contribution in [0.4, 0.5) is 0 Å². The van der Waals surface area contributed by atoms with Crippen LogP contribution in [0.25, 0.3) is 0 Å². The van der Waals surface area contributed by atoms with E-state index >= 15 is 0 Å². The zero-order valence-electron chi connectivity index (χ0n) is 10.8. The van der Waals surface area contributed by atoms with Gasteiger partial charge in [0.15, 0.2) is 0 Å². The molecule has 17 heavy (non-hydrogen) atoms. The quantitative estimate of drug-likeness (QED) is 0.527. The van der Waals surface area contributed by atoms with Crippen LogP contribution in [0.5, 0.6) is 0 Å². The van der Waals surface area contributed by atoms with Crippen LogP contribution >= 0.6 is 0 Å². The smallest absolute Gasteiger partial charge is 0.236 e. The molecule has 0 aromatic heterocycles. The molecular weight excluding hydrogens is 220 g/mol. The summed E-state index contributed by atoms with van der Waals surface area (Å²) in [4.78, 5) is 11.6. The Morgan fingerprint density at radius 1 is 1.53 bits per heavy atom. The zero-order valence-corrected chi connectivity index (χ0v) is 10.8. The number of rotatable bonds is 8. The van der Waals surface area contributed by atoms with Crippen molar-refractivity contribution in [1.29, 1.82) is 0 Å². The van der Waals surface area contributed by atoms with Gasteiger partial charge in [0.1, 0.15) is 0 Å². The van der Waals surface area contributed by atoms with Crippen LogP contribution in [0.15, 0.2) is 0 Å². The molecule has 100 valence electrons. The van der Waals surface area contributed by atoms with E-state index in [-0.39, 0.29) is 11.9 Å². The number of methoxy groups -OCH3 is 1. The molecule has 1 aliphatic rings. The Labute approximate surface area is 103 Å². The highest BCUT2D eigenvalue weighted by Gasteiger charge is 2.34. The summed E-state index contributed by atoms with van der Waals surface area (Å²) in [5.41, 5.74) is -0.579. The van der Waals surface area contributed by atoms with Crippen molar-refractivity contribution in [2.45, 2.75) is 44.2 Å². The summed E-state index contributed by atoms with van der Waals surface area (Å²) in [6.45, 7) is 3.60. The molecule has 1 unspecified atom stereocenters. The van der Waals surface area contributed by atoms with Crippen molar-refractivity contribution < 1.29 is 14.6 Å². The van der Waals surface area contributed by atoms with E-state index in [0.717, 1.165) is 25.7 Å². The van der Waals surface area contributed by atoms with Gasteiger partial charge in [-0.2, -0.15) is 0 Å². The lowest BCUT2D eigenvalue weighted by molar-refractivity contribution is -0.123. The number of ether oxygens (including phenoxy) is 1. The van der Waals surface area contributed by atoms with Crippen LogP contribution in [0.3, 0.4) is 0 Å². The molecule has 0 saturated heterocycles. The van der Waals surface area contributed by atoms with Crippen LogP contribution in [0.2, 0.25) is 0 Å². The fourth-order valence-electron chi connectivity index (χ4n) is 1.78. The van der Waals surface area contributed by atoms with Gasteiger partial charge in [0.05, 0.1) is 11.6 Å². The third-order valence-corrected chi connectivity index (χ3v) is 3.24. The van der Waals surface area contributed by atoms with Gasteiger partial charge in [0, 0.05) is 26.8 Å². The molecule has 1 fully saturated rings. The van der Waals surface area contributed by atoms with Crippen molar-refractivity contribution in [3.63, 3.8) is 0 Å². The Kier molecular flexibility index (Phi) is 5.88. The minimum Gasteiger partial charge on any atom is -0.389 e. The van der Waals surface area contributed by atoms with Gasteiger partial charge in [-0.15, -0.1) is 0 Å². The number of amides is 1. The van der Waals surface area contributed by atoms with E-state index in [1.165, 1.54) is 0 Å². The van der Waals surface area contributed by atoms with Crippen molar-refractivity contribution in [2.24, 2.45) is 0 Å². The second-order valence-corrected chi connectivity index (χ2v) is 4.82. The van der Waals surface area contributed by atoms with Crippen molar-refractivity contribution in [3.8, 4) is 0 Å². The predicted octanol–water partition coefficient (Wildman–Crippen LogP) is 0.0322. The standard InChI is InChI=1S/C12H24N2O3/c1-10(11(15)13-7-4-8-17-2)14-9-12(16)5-3-6-12/h10,14,16H,3-9H2,1-2H3,(H,13,15). The number of aliphatic hydroxyl groups is 1. The van der Waals surface area contributed by atoms with Gasteiger partial charge in [-0.1, -0.05) is 0 Å². The van der Waals surface area contributed by atoms with E-state index in [4.69, 9.17) is 4.74 Å². The lowest BCUT2D eigenvalue weighted by atomic mass is 9.80. The average Bonchev–Trinajstić information content (AvgIpc) is 2.28. The summed E-state index contributed by atoms with van der Waals surface area (Å²) in [6, 6.07) is -0.262. The first-order valence-corrected chi connectivity index (χ1v) is 6.30. The highest BCUT2D eigenvalue weighted by atomic mass is 16.5. The molecule has 0 aromatic carbocycles. The molecule has 0 spiro atoms. The van der Waals surface area contributed by atoms with E-state index in [1.807, 2.05) is 6.92 Å². The highest BCUT2D eigenvalue weighted by molar-refractivity contribution is 5.81. The Balaban J connectivity index is 2.09. The van der Waals surface area contributed by atoms with Gasteiger partial charge >= 0.3 is 0 Å². The Morgan fingerprint density at radius 2 is 2.24 bits per heavy atom. The maximum absolute atomic E-state index is 11.6. The average molecular weight is 244 g/mol. The van der Waals surface area contributed by atoms with Gasteiger partial charge in [0.2, 0.25) is 5.91 Å². The normalized spacial score (nSPS) is 19.5. The molecule has 1 saturated carbocycles. The monoisotopic (exact) mass is 244 g/mol. The summed E-state index contributed by atoms with van der Waals surface area (Å²) in [5, 5.41) is 15.8. The SMILES string of the molecule is COCCCNC(=O)C(C)NCC1(O)CCC1. The Hall–Kier alpha value is -0.650. The fourth-order valence-corrected chi connectivity index (χ4v) is 1.78. The lowest BCUT2D eigenvalue weighted by Gasteiger charge is -2.37. The second kappa shape index (κ2) is 6.93. The van der Waals surface area contributed by atoms with Crippen LogP contribution in [-0.2, 0) is 9.53 Å². The molecule has 1 aliphatic carbocycles. The van der Waals surface area contributed by atoms with Gasteiger partial charge in [0.25, 0.3) is 0 Å². The molecule has 1 atom stereocenters. The largest absolute Gasteiger partial charge is 0.389 e. The first-order valence-electron chi connectivity index (χ1n) is 6.30. The maximum atomic E-state index is 11.6. The fraction of sp³-hybridized carbons (Fsp3) is 0.917. The molecule has 5 heteroatoms. The summed E-state index contributed by atoms with van der Waals surface area (Å²) >= 11 is 0. The predicted molar refractivity (Wildman–Crippen MR) is 65.8 cm³/mol. The van der Waals surface area contributed by atoms with Crippen LogP contribution in [-0.4, -0.2) is 49.5 Å². The van der Waals surface area contributed by atoms with Gasteiger partial charge in [-0.25, -0.2) is 0 Å². The van der Waals surface area contributed by atoms with E-state index < -0.39 is 5.60 Å². The zero-order chi connectivity index (χ0) is 12.7. The molecule has 0 bridgehead atoms. The van der Waals surface area contributed by atoms with Crippen LogP contribution in [0, 0.1) is 0 Å². The molecule has 0 aromatic rings. The summed E-state index contributed by atoms with van der Waals surface area (Å²) < 4.78 is 4.90. The van der Waals surface area contributed by atoms with E-state index in [1.54, 1.807) is 7.11 Å². The van der Waals surface area contributed by atoms with Crippen LogP contribution < -0.4 is 10.6 Å². The molecule has 0 heterocycles. The highest BCUT2D eigenvalue weighted by Crippen LogP contribution is 2.30. The number of nitrogens with one attached hydrogen (secondary N) is 2. The van der Waals surface area contributed by atoms with Gasteiger partial charge in [-0.3, -0.25) is 4.79 Å². The number of carbonyl (C=O) groups is 1. The van der Waals surface area contributed by atoms with Gasteiger partial charge < -0.3 is 20.5 Å². The topological polar surface area (TPSA) is 70.6 Å². The van der Waals surface area contributed by atoms with Crippen molar-refractivity contribution in [3.05, 3.63) is 0 Å². The lowest BCUT2D eigenvalue weighted by Crippen LogP contribution is -2.52. The van der Waals surface area contributed by atoms with E-state index in [9.17, 15) is 9.90 Å². The number of carbonyl (C=O) groups excluding carboxylic acids is 1. The molecule has 0 radical (unpaired) electrons. The third kappa shape index (κ3) is 5.02. The number of hydrogen-bond donors (Lipinski definition) is 3. The van der Waals surface area contributed by atoms with Gasteiger partial charge in [-0.05, 0) is 32.6 Å². The molecule has 1 rings (SSSR count). The second-order valence-electron chi connectivity index (χ2n) is 4.82. The first-order chi connectivity index (χ1) is 8.07. The Bertz CT molecular complexity index is 242. The molecule has 0 aliphatic heterocycles. The summed E-state index contributed by atoms with van der Waals surface area (Å²) in [5.74, 6) is -0.0240. The molecule has 5 nitrogen and oxygen atoms in total. The summed E-state index contributed by atoms with van der Waals surface area (Å²) in [6.07, 6.45) is 3.57. The molecular formula is C12H24N2O3. The first kappa shape index (κ1) is 14.4. The number of hydrogen-bond acceptors (Lipinski definition) is 4. The van der Waals surface area contributed by atoms with Crippen LogP contribution in [0.1, 0.15) is 32.6 Å². The summed E-state index contributed by atoms with van der Waals surface area (Å²) in [7, 11) is 1.64. The maximum Gasteiger partial charge on any atom is 0.236 e. The van der Waals surface area contributed by atoms with Crippen molar-refractivity contribution in [1.82, 2.24) is 10.6 Å². The molecule has 3 N–H and O–H groups in total. The van der Waals surface area contributed by atoms with Crippen molar-refractivity contribution >= 4 is 5.91 Å². The Morgan fingerprint density at radius 3 is 2.76 bits per heavy atom. The minimum atomic E-state index is -0.579. The molecule has 1 amide bonds. The minimum absolute atomic E-state index is 0.0240. The van der Waals surface area contributed by atoms with E-state index in [0.29, 0.717) is 19.7 Å². The van der Waals surface area contributed by atoms with E-state index in [2.05, 4.69) is 10.6 Å². The third-order valence-electron chi connectivity index (χ3n) is 3.24.